The Labute approximate surface area is 180 Å². The molecule has 31 heavy (non-hydrogen) atoms. The first kappa shape index (κ1) is 19.7. The van der Waals surface area contributed by atoms with Crippen LogP contribution in [0.2, 0.25) is 0 Å². The molecule has 1 unspecified atom stereocenters. The minimum atomic E-state index is -0.505. The summed E-state index contributed by atoms with van der Waals surface area (Å²) < 4.78 is 7.83. The molecule has 3 aromatic rings. The molecule has 2 aliphatic heterocycles. The number of likely N-dealkylation sites (tertiary alicyclic amines) is 1. The number of imidazole rings is 1. The average molecular weight is 419 g/mol. The van der Waals surface area contributed by atoms with Crippen LogP contribution in [0.15, 0.2) is 36.9 Å². The van der Waals surface area contributed by atoms with Crippen molar-refractivity contribution in [3.8, 4) is 0 Å². The van der Waals surface area contributed by atoms with Crippen LogP contribution in [0.1, 0.15) is 41.0 Å². The molecule has 4 heterocycles. The largest absolute Gasteiger partial charge is 0.460 e. The number of esters is 1. The Morgan fingerprint density at radius 1 is 1.13 bits per heavy atom. The van der Waals surface area contributed by atoms with Gasteiger partial charge in [-0.15, -0.1) is 0 Å². The van der Waals surface area contributed by atoms with Crippen LogP contribution in [-0.4, -0.2) is 55.5 Å². The van der Waals surface area contributed by atoms with Crippen molar-refractivity contribution in [3.63, 3.8) is 0 Å². The molecule has 1 spiro atoms. The molecule has 2 saturated heterocycles. The van der Waals surface area contributed by atoms with E-state index in [2.05, 4.69) is 15.0 Å². The zero-order valence-electron chi connectivity index (χ0n) is 17.7. The smallest absolute Gasteiger partial charge is 0.312 e. The lowest BCUT2D eigenvalue weighted by molar-refractivity contribution is -0.150. The number of amides is 1. The standard InChI is InChI=1S/C23H25N5O3/c1-15-20(16(2)25-13-24-15)21(29)27-9-7-23(8-10-27)11-17(31-22(23)30)12-28-14-26-18-5-3-4-6-19(18)28/h3-6,13-14,17H,7-12H2,1-2H3. The summed E-state index contributed by atoms with van der Waals surface area (Å²) in [5, 5.41) is 0. The first-order chi connectivity index (χ1) is 15.0. The molecule has 2 aromatic heterocycles. The zero-order chi connectivity index (χ0) is 21.6. The fourth-order valence-corrected chi connectivity index (χ4v) is 4.92. The molecule has 1 amide bonds. The van der Waals surface area contributed by atoms with Gasteiger partial charge in [-0.05, 0) is 38.8 Å². The number of fused-ring (bicyclic) bond motifs is 1. The Bertz CT molecular complexity index is 1140. The fraction of sp³-hybridized carbons (Fsp3) is 0.435. The van der Waals surface area contributed by atoms with E-state index in [9.17, 15) is 9.59 Å². The van der Waals surface area contributed by atoms with E-state index in [0.29, 0.717) is 55.8 Å². The molecule has 8 heteroatoms. The monoisotopic (exact) mass is 419 g/mol. The summed E-state index contributed by atoms with van der Waals surface area (Å²) in [4.78, 5) is 40.5. The topological polar surface area (TPSA) is 90.2 Å². The number of rotatable bonds is 3. The van der Waals surface area contributed by atoms with Gasteiger partial charge in [-0.1, -0.05) is 12.1 Å². The number of hydrogen-bond donors (Lipinski definition) is 0. The van der Waals surface area contributed by atoms with Crippen LogP contribution in [0.4, 0.5) is 0 Å². The average Bonchev–Trinajstić information content (AvgIpc) is 3.29. The van der Waals surface area contributed by atoms with Crippen LogP contribution in [0.3, 0.4) is 0 Å². The van der Waals surface area contributed by atoms with Crippen molar-refractivity contribution in [1.82, 2.24) is 24.4 Å². The van der Waals surface area contributed by atoms with E-state index < -0.39 is 5.41 Å². The third-order valence-corrected chi connectivity index (χ3v) is 6.70. The molecule has 1 aromatic carbocycles. The van der Waals surface area contributed by atoms with Crippen LogP contribution in [-0.2, 0) is 16.1 Å². The number of benzene rings is 1. The molecular weight excluding hydrogens is 394 g/mol. The predicted octanol–water partition coefficient (Wildman–Crippen LogP) is 2.68. The maximum absolute atomic E-state index is 13.0. The minimum absolute atomic E-state index is 0.0572. The SMILES string of the molecule is Cc1ncnc(C)c1C(=O)N1CCC2(CC1)CC(Cn1cnc3ccccc31)OC2=O. The van der Waals surface area contributed by atoms with Gasteiger partial charge >= 0.3 is 5.97 Å². The van der Waals surface area contributed by atoms with E-state index in [1.807, 2.05) is 47.6 Å². The maximum atomic E-state index is 13.0. The molecule has 0 bridgehead atoms. The van der Waals surface area contributed by atoms with E-state index in [0.717, 1.165) is 11.0 Å². The molecule has 2 aliphatic rings. The number of nitrogens with zero attached hydrogens (tertiary/aromatic N) is 5. The van der Waals surface area contributed by atoms with Crippen LogP contribution >= 0.6 is 0 Å². The van der Waals surface area contributed by atoms with Crippen LogP contribution in [0.25, 0.3) is 11.0 Å². The van der Waals surface area contributed by atoms with E-state index >= 15 is 0 Å². The van der Waals surface area contributed by atoms with Crippen molar-refractivity contribution in [2.24, 2.45) is 5.41 Å². The van der Waals surface area contributed by atoms with Crippen molar-refractivity contribution < 1.29 is 14.3 Å². The quantitative estimate of drug-likeness (QED) is 0.607. The molecule has 8 nitrogen and oxygen atoms in total. The van der Waals surface area contributed by atoms with Crippen molar-refractivity contribution in [3.05, 3.63) is 53.9 Å². The van der Waals surface area contributed by atoms with Crippen molar-refractivity contribution >= 4 is 22.9 Å². The molecule has 160 valence electrons. The predicted molar refractivity (Wildman–Crippen MR) is 113 cm³/mol. The molecule has 0 aliphatic carbocycles. The second-order valence-corrected chi connectivity index (χ2v) is 8.61. The van der Waals surface area contributed by atoms with Gasteiger partial charge < -0.3 is 14.2 Å². The highest BCUT2D eigenvalue weighted by Crippen LogP contribution is 2.43. The number of aryl methyl sites for hydroxylation is 2. The Balaban J connectivity index is 1.27. The number of ether oxygens (including phenoxy) is 1. The van der Waals surface area contributed by atoms with E-state index in [1.165, 1.54) is 6.33 Å². The number of hydrogen-bond acceptors (Lipinski definition) is 6. The number of piperidine rings is 1. The molecule has 2 fully saturated rings. The van der Waals surface area contributed by atoms with Crippen molar-refractivity contribution in [2.45, 2.75) is 45.8 Å². The Morgan fingerprint density at radius 3 is 2.58 bits per heavy atom. The second-order valence-electron chi connectivity index (χ2n) is 8.61. The third-order valence-electron chi connectivity index (χ3n) is 6.70. The lowest BCUT2D eigenvalue weighted by atomic mass is 9.76. The zero-order valence-corrected chi connectivity index (χ0v) is 17.7. The summed E-state index contributed by atoms with van der Waals surface area (Å²) in [6.07, 6.45) is 5.00. The Kier molecular flexibility index (Phi) is 4.72. The minimum Gasteiger partial charge on any atom is -0.460 e. The molecule has 5 rings (SSSR count). The van der Waals surface area contributed by atoms with Gasteiger partial charge in [0.2, 0.25) is 0 Å². The summed E-state index contributed by atoms with van der Waals surface area (Å²) in [5.74, 6) is -0.192. The normalized spacial score (nSPS) is 20.4. The van der Waals surface area contributed by atoms with E-state index in [-0.39, 0.29) is 18.0 Å². The summed E-state index contributed by atoms with van der Waals surface area (Å²) in [7, 11) is 0. The number of carbonyl (C=O) groups is 2. The van der Waals surface area contributed by atoms with Gasteiger partial charge in [-0.3, -0.25) is 9.59 Å². The number of aromatic nitrogens is 4. The number of para-hydroxylation sites is 2. The van der Waals surface area contributed by atoms with Gasteiger partial charge in [-0.25, -0.2) is 15.0 Å². The fourth-order valence-electron chi connectivity index (χ4n) is 4.92. The van der Waals surface area contributed by atoms with Gasteiger partial charge in [0.05, 0.1) is 46.3 Å². The summed E-state index contributed by atoms with van der Waals surface area (Å²) in [6.45, 7) is 5.31. The van der Waals surface area contributed by atoms with Crippen LogP contribution in [0.5, 0.6) is 0 Å². The van der Waals surface area contributed by atoms with Gasteiger partial charge in [-0.2, -0.15) is 0 Å². The van der Waals surface area contributed by atoms with Crippen molar-refractivity contribution in [1.29, 1.82) is 0 Å². The van der Waals surface area contributed by atoms with Crippen LogP contribution < -0.4 is 0 Å². The second kappa shape index (κ2) is 7.44. The molecular formula is C23H25N5O3. The van der Waals surface area contributed by atoms with E-state index in [1.54, 1.807) is 6.33 Å². The van der Waals surface area contributed by atoms with Gasteiger partial charge in [0.15, 0.2) is 0 Å². The first-order valence-electron chi connectivity index (χ1n) is 10.7. The lowest BCUT2D eigenvalue weighted by Crippen LogP contribution is -2.45. The van der Waals surface area contributed by atoms with Gasteiger partial charge in [0.1, 0.15) is 12.4 Å². The highest BCUT2D eigenvalue weighted by atomic mass is 16.6. The highest BCUT2D eigenvalue weighted by Gasteiger charge is 2.51. The Morgan fingerprint density at radius 2 is 1.84 bits per heavy atom. The molecule has 0 saturated carbocycles. The summed E-state index contributed by atoms with van der Waals surface area (Å²) in [5.41, 5.74) is 3.41. The lowest BCUT2D eigenvalue weighted by Gasteiger charge is -2.36. The number of carbonyl (C=O) groups excluding carboxylic acids is 2. The van der Waals surface area contributed by atoms with Gasteiger partial charge in [0, 0.05) is 19.5 Å². The van der Waals surface area contributed by atoms with Crippen LogP contribution in [0, 0.1) is 19.3 Å². The summed E-state index contributed by atoms with van der Waals surface area (Å²) in [6, 6.07) is 7.94. The third kappa shape index (κ3) is 3.36. The Hall–Kier alpha value is -3.29. The van der Waals surface area contributed by atoms with Gasteiger partial charge in [0.25, 0.3) is 5.91 Å². The molecule has 0 N–H and O–H groups in total. The highest BCUT2D eigenvalue weighted by molar-refractivity contribution is 5.96. The van der Waals surface area contributed by atoms with E-state index in [4.69, 9.17) is 4.74 Å². The van der Waals surface area contributed by atoms with Crippen molar-refractivity contribution in [2.75, 3.05) is 13.1 Å². The first-order valence-corrected chi connectivity index (χ1v) is 10.7. The summed E-state index contributed by atoms with van der Waals surface area (Å²) >= 11 is 0. The molecule has 1 atom stereocenters. The maximum Gasteiger partial charge on any atom is 0.312 e. The number of cyclic esters (lactones) is 1. The molecule has 0 radical (unpaired) electrons.